The lowest BCUT2D eigenvalue weighted by Gasteiger charge is -2.30. The monoisotopic (exact) mass is 533 g/mol. The van der Waals surface area contributed by atoms with Gasteiger partial charge in [-0.15, -0.1) is 0 Å². The van der Waals surface area contributed by atoms with E-state index in [9.17, 15) is 4.79 Å². The zero-order valence-corrected chi connectivity index (χ0v) is 24.5. The number of thioether (sulfide) groups is 1. The molecule has 0 radical (unpaired) electrons. The van der Waals surface area contributed by atoms with E-state index in [1.807, 2.05) is 18.2 Å². The van der Waals surface area contributed by atoms with Crippen LogP contribution in [0.3, 0.4) is 0 Å². The Morgan fingerprint density at radius 3 is 2.03 bits per heavy atom. The third-order valence-electron chi connectivity index (χ3n) is 7.33. The number of ether oxygens (including phenoxy) is 2. The molecule has 1 heterocycles. The Bertz CT molecular complexity index is 657. The van der Waals surface area contributed by atoms with Gasteiger partial charge in [0.2, 0.25) is 0 Å². The number of nitrogens with one attached hydrogen (secondary N) is 1. The Labute approximate surface area is 232 Å². The van der Waals surface area contributed by atoms with Crippen molar-refractivity contribution < 1.29 is 14.3 Å². The first kappa shape index (κ1) is 32.2. The van der Waals surface area contributed by atoms with Crippen molar-refractivity contribution in [3.8, 4) is 0 Å². The van der Waals surface area contributed by atoms with Crippen molar-refractivity contribution in [1.82, 2.24) is 5.32 Å². The summed E-state index contributed by atoms with van der Waals surface area (Å²) in [5.74, 6) is 0. The van der Waals surface area contributed by atoms with Gasteiger partial charge in [0.05, 0.1) is 19.3 Å². The van der Waals surface area contributed by atoms with Gasteiger partial charge in [-0.1, -0.05) is 145 Å². The predicted molar refractivity (Wildman–Crippen MR) is 159 cm³/mol. The Morgan fingerprint density at radius 1 is 0.865 bits per heavy atom. The molecule has 1 aliphatic rings. The first-order chi connectivity index (χ1) is 18.3. The Hall–Kier alpha value is -1.04. The van der Waals surface area contributed by atoms with Crippen LogP contribution in [0.5, 0.6) is 0 Å². The van der Waals surface area contributed by atoms with Gasteiger partial charge in [0.1, 0.15) is 0 Å². The molecule has 2 atom stereocenters. The van der Waals surface area contributed by atoms with Crippen molar-refractivity contribution in [2.45, 2.75) is 140 Å². The van der Waals surface area contributed by atoms with Gasteiger partial charge in [0, 0.05) is 18.4 Å². The fraction of sp³-hybridized carbons (Fsp3) is 0.781. The molecule has 1 N–H and O–H groups in total. The third kappa shape index (κ3) is 17.2. The Kier molecular flexibility index (Phi) is 19.9. The summed E-state index contributed by atoms with van der Waals surface area (Å²) in [6.45, 7) is 4.96. The van der Waals surface area contributed by atoms with Crippen molar-refractivity contribution in [2.75, 3.05) is 19.8 Å². The topological polar surface area (TPSA) is 47.6 Å². The number of amides is 1. The molecule has 0 aromatic heterocycles. The first-order valence-corrected chi connectivity index (χ1v) is 16.4. The zero-order valence-electron chi connectivity index (χ0n) is 23.7. The maximum Gasteiger partial charge on any atom is 0.279 e. The lowest BCUT2D eigenvalue weighted by atomic mass is 10.0. The second-order valence-electron chi connectivity index (χ2n) is 10.7. The van der Waals surface area contributed by atoms with Gasteiger partial charge in [0.15, 0.2) is 0 Å². The molecule has 212 valence electrons. The largest absolute Gasteiger partial charge is 0.375 e. The van der Waals surface area contributed by atoms with Crippen LogP contribution in [0.2, 0.25) is 0 Å². The Morgan fingerprint density at radius 2 is 1.43 bits per heavy atom. The van der Waals surface area contributed by atoms with E-state index < -0.39 is 0 Å². The lowest BCUT2D eigenvalue weighted by molar-refractivity contribution is -0.0407. The predicted octanol–water partition coefficient (Wildman–Crippen LogP) is 9.46. The summed E-state index contributed by atoms with van der Waals surface area (Å²) in [6, 6.07) is 10.2. The van der Waals surface area contributed by atoms with Gasteiger partial charge >= 0.3 is 0 Å². The van der Waals surface area contributed by atoms with Crippen molar-refractivity contribution >= 4 is 17.0 Å². The van der Waals surface area contributed by atoms with Crippen LogP contribution >= 0.6 is 11.8 Å². The summed E-state index contributed by atoms with van der Waals surface area (Å²) in [5, 5.41) is 3.37. The van der Waals surface area contributed by atoms with Gasteiger partial charge in [-0.3, -0.25) is 4.79 Å². The molecule has 1 aromatic rings. The molecule has 0 unspecified atom stereocenters. The molecule has 2 rings (SSSR count). The van der Waals surface area contributed by atoms with Crippen molar-refractivity contribution in [3.63, 3.8) is 0 Å². The minimum atomic E-state index is -0.0104. The Balaban J connectivity index is 1.38. The molecule has 37 heavy (non-hydrogen) atoms. The smallest absolute Gasteiger partial charge is 0.279 e. The molecule has 1 fully saturated rings. The van der Waals surface area contributed by atoms with Crippen molar-refractivity contribution in [2.24, 2.45) is 0 Å². The average Bonchev–Trinajstić information content (AvgIpc) is 2.92. The number of benzene rings is 1. The molecular formula is C32H55NO3S. The highest BCUT2D eigenvalue weighted by Gasteiger charge is 2.29. The molecular weight excluding hydrogens is 478 g/mol. The molecule has 1 saturated heterocycles. The fourth-order valence-electron chi connectivity index (χ4n) is 5.01. The van der Waals surface area contributed by atoms with Crippen LogP contribution in [0.1, 0.15) is 128 Å². The molecule has 1 amide bonds. The van der Waals surface area contributed by atoms with Gasteiger partial charge in [-0.2, -0.15) is 0 Å². The molecule has 5 heteroatoms. The maximum absolute atomic E-state index is 12.5. The van der Waals surface area contributed by atoms with E-state index in [1.165, 1.54) is 114 Å². The zero-order chi connectivity index (χ0) is 26.2. The SMILES string of the molecule is CCCCCCCCCCCCCCCCCCNC(=O)S[C@H]1CCCO[C@H]1COCc1ccccc1. The van der Waals surface area contributed by atoms with E-state index in [0.29, 0.717) is 13.2 Å². The van der Waals surface area contributed by atoms with Crippen LogP contribution in [0, 0.1) is 0 Å². The van der Waals surface area contributed by atoms with E-state index in [4.69, 9.17) is 9.47 Å². The van der Waals surface area contributed by atoms with Crippen molar-refractivity contribution in [1.29, 1.82) is 0 Å². The highest BCUT2D eigenvalue weighted by atomic mass is 32.2. The lowest BCUT2D eigenvalue weighted by Crippen LogP contribution is -2.37. The van der Waals surface area contributed by atoms with Crippen LogP contribution in [0.15, 0.2) is 30.3 Å². The standard InChI is InChI=1S/C32H55NO3S/c1-2-3-4-5-6-7-8-9-10-11-12-13-14-15-16-20-25-33-32(34)37-31-24-21-26-36-30(31)28-35-27-29-22-18-17-19-23-29/h17-19,22-23,30-31H,2-16,20-21,24-28H2,1H3,(H,33,34)/t30-,31-/m0/s1. The van der Waals surface area contributed by atoms with Gasteiger partial charge in [0.25, 0.3) is 5.24 Å². The van der Waals surface area contributed by atoms with E-state index in [0.717, 1.165) is 32.4 Å². The van der Waals surface area contributed by atoms with E-state index in [1.54, 1.807) is 0 Å². The van der Waals surface area contributed by atoms with Crippen molar-refractivity contribution in [3.05, 3.63) is 35.9 Å². The summed E-state index contributed by atoms with van der Waals surface area (Å²) in [6.07, 6.45) is 23.9. The summed E-state index contributed by atoms with van der Waals surface area (Å²) >= 11 is 1.41. The highest BCUT2D eigenvalue weighted by Crippen LogP contribution is 2.27. The summed E-state index contributed by atoms with van der Waals surface area (Å²) in [4.78, 5) is 12.5. The normalized spacial score (nSPS) is 17.6. The number of carbonyl (C=O) groups excluding carboxylic acids is 1. The van der Waals surface area contributed by atoms with Gasteiger partial charge in [-0.05, 0) is 24.8 Å². The van der Waals surface area contributed by atoms with Crippen LogP contribution in [0.4, 0.5) is 4.79 Å². The summed E-state index contributed by atoms with van der Waals surface area (Å²) < 4.78 is 11.8. The third-order valence-corrected chi connectivity index (χ3v) is 8.53. The van der Waals surface area contributed by atoms with Gasteiger partial charge in [-0.25, -0.2) is 0 Å². The quantitative estimate of drug-likeness (QED) is 0.151. The molecule has 4 nitrogen and oxygen atoms in total. The number of carbonyl (C=O) groups is 1. The van der Waals surface area contributed by atoms with Crippen LogP contribution in [-0.4, -0.2) is 36.4 Å². The molecule has 1 aromatic carbocycles. The van der Waals surface area contributed by atoms with Crippen LogP contribution in [-0.2, 0) is 16.1 Å². The molecule has 0 bridgehead atoms. The number of rotatable bonds is 22. The van der Waals surface area contributed by atoms with E-state index in [-0.39, 0.29) is 16.6 Å². The maximum atomic E-state index is 12.5. The van der Waals surface area contributed by atoms with E-state index >= 15 is 0 Å². The molecule has 0 aliphatic carbocycles. The minimum absolute atomic E-state index is 0.0104. The van der Waals surface area contributed by atoms with Gasteiger partial charge < -0.3 is 14.8 Å². The highest BCUT2D eigenvalue weighted by molar-refractivity contribution is 8.14. The summed E-state index contributed by atoms with van der Waals surface area (Å²) in [7, 11) is 0. The number of hydrogen-bond acceptors (Lipinski definition) is 4. The second kappa shape index (κ2) is 22.9. The van der Waals surface area contributed by atoms with E-state index in [2.05, 4.69) is 24.4 Å². The van der Waals surface area contributed by atoms with Crippen LogP contribution in [0.25, 0.3) is 0 Å². The summed E-state index contributed by atoms with van der Waals surface area (Å²) in [5.41, 5.74) is 1.17. The average molecular weight is 534 g/mol. The number of hydrogen-bond donors (Lipinski definition) is 1. The number of unbranched alkanes of at least 4 members (excludes halogenated alkanes) is 15. The molecule has 0 spiro atoms. The fourth-order valence-corrected chi connectivity index (χ4v) is 6.07. The molecule has 1 aliphatic heterocycles. The second-order valence-corrected chi connectivity index (χ2v) is 11.9. The minimum Gasteiger partial charge on any atom is -0.375 e. The first-order valence-electron chi connectivity index (χ1n) is 15.5. The van der Waals surface area contributed by atoms with Crippen LogP contribution < -0.4 is 5.32 Å². The molecule has 0 saturated carbocycles.